The van der Waals surface area contributed by atoms with Gasteiger partial charge in [0.25, 0.3) is 5.91 Å². The second kappa shape index (κ2) is 8.63. The van der Waals surface area contributed by atoms with Crippen LogP contribution in [0.4, 0.5) is 5.69 Å². The van der Waals surface area contributed by atoms with Gasteiger partial charge in [-0.05, 0) is 58.4 Å². The van der Waals surface area contributed by atoms with Crippen LogP contribution < -0.4 is 19.5 Å². The lowest BCUT2D eigenvalue weighted by atomic mass is 10.1. The number of ether oxygens (including phenoxy) is 3. The average Bonchev–Trinajstić information content (AvgIpc) is 3.21. The van der Waals surface area contributed by atoms with Crippen molar-refractivity contribution in [2.45, 2.75) is 6.10 Å². The van der Waals surface area contributed by atoms with Gasteiger partial charge in [-0.15, -0.1) is 0 Å². The molecule has 0 radical (unpaired) electrons. The minimum Gasteiger partial charge on any atom is -0.496 e. The van der Waals surface area contributed by atoms with Crippen LogP contribution in [0.3, 0.4) is 0 Å². The van der Waals surface area contributed by atoms with Crippen LogP contribution in [0.2, 0.25) is 0 Å². The van der Waals surface area contributed by atoms with Crippen LogP contribution in [-0.2, 0) is 4.79 Å². The fraction of sp³-hybridized carbons (Fsp3) is 0.120. The van der Waals surface area contributed by atoms with E-state index in [0.717, 1.165) is 0 Å². The van der Waals surface area contributed by atoms with E-state index in [0.29, 0.717) is 38.3 Å². The number of hydrogen-bond donors (Lipinski definition) is 1. The Labute approximate surface area is 197 Å². The number of para-hydroxylation sites is 3. The molecule has 7 nitrogen and oxygen atoms in total. The van der Waals surface area contributed by atoms with Crippen molar-refractivity contribution in [3.05, 3.63) is 82.5 Å². The van der Waals surface area contributed by atoms with Gasteiger partial charge in [0, 0.05) is 10.9 Å². The van der Waals surface area contributed by atoms with E-state index < -0.39 is 12.0 Å². The molecule has 33 heavy (non-hydrogen) atoms. The Morgan fingerprint density at radius 1 is 1.03 bits per heavy atom. The maximum absolute atomic E-state index is 13.3. The Morgan fingerprint density at radius 2 is 1.79 bits per heavy atom. The summed E-state index contributed by atoms with van der Waals surface area (Å²) in [4.78, 5) is 26.4. The molecule has 1 aromatic heterocycles. The van der Waals surface area contributed by atoms with Crippen molar-refractivity contribution >= 4 is 44.3 Å². The predicted octanol–water partition coefficient (Wildman–Crippen LogP) is 5.21. The molecule has 4 aromatic rings. The largest absolute Gasteiger partial charge is 0.496 e. The van der Waals surface area contributed by atoms with Crippen LogP contribution in [0.5, 0.6) is 17.2 Å². The number of carbonyl (C=O) groups is 2. The summed E-state index contributed by atoms with van der Waals surface area (Å²) in [6.07, 6.45) is -0.883. The first-order chi connectivity index (χ1) is 16.0. The van der Waals surface area contributed by atoms with Gasteiger partial charge in [-0.1, -0.05) is 24.3 Å². The van der Waals surface area contributed by atoms with Gasteiger partial charge in [-0.25, -0.2) is 0 Å². The number of methoxy groups -OCH3 is 1. The van der Waals surface area contributed by atoms with Crippen molar-refractivity contribution < 1.29 is 28.2 Å². The highest BCUT2D eigenvalue weighted by Crippen LogP contribution is 2.35. The first kappa shape index (κ1) is 21.1. The summed E-state index contributed by atoms with van der Waals surface area (Å²) in [5.41, 5.74) is 1.15. The number of ketones is 1. The third-order valence-electron chi connectivity index (χ3n) is 5.26. The molecule has 0 fully saturated rings. The molecule has 0 bridgehead atoms. The predicted molar refractivity (Wildman–Crippen MR) is 125 cm³/mol. The molecule has 0 aliphatic carbocycles. The average molecular weight is 508 g/mol. The molecule has 1 amide bonds. The van der Waals surface area contributed by atoms with E-state index in [2.05, 4.69) is 21.2 Å². The highest BCUT2D eigenvalue weighted by atomic mass is 79.9. The number of halogens is 1. The second-order valence-electron chi connectivity index (χ2n) is 7.33. The first-order valence-electron chi connectivity index (χ1n) is 10.1. The number of hydrogen-bond acceptors (Lipinski definition) is 6. The molecule has 1 aliphatic rings. The zero-order chi connectivity index (χ0) is 22.9. The lowest BCUT2D eigenvalue weighted by Crippen LogP contribution is -2.40. The highest BCUT2D eigenvalue weighted by Gasteiger charge is 2.30. The number of carbonyl (C=O) groups excluding carboxylic acids is 2. The van der Waals surface area contributed by atoms with Crippen LogP contribution in [0.25, 0.3) is 11.0 Å². The quantitative estimate of drug-likeness (QED) is 0.373. The lowest BCUT2D eigenvalue weighted by Gasteiger charge is -2.25. The molecule has 1 atom stereocenters. The lowest BCUT2D eigenvalue weighted by molar-refractivity contribution is -0.125. The maximum Gasteiger partial charge on any atom is 0.269 e. The molecule has 3 aromatic carbocycles. The molecule has 0 spiro atoms. The van der Waals surface area contributed by atoms with Crippen LogP contribution in [0.15, 0.2) is 75.6 Å². The monoisotopic (exact) mass is 507 g/mol. The van der Waals surface area contributed by atoms with Crippen molar-refractivity contribution in [3.8, 4) is 17.2 Å². The van der Waals surface area contributed by atoms with Crippen molar-refractivity contribution in [1.82, 2.24) is 0 Å². The van der Waals surface area contributed by atoms with E-state index in [1.807, 2.05) is 12.1 Å². The smallest absolute Gasteiger partial charge is 0.269 e. The first-order valence-corrected chi connectivity index (χ1v) is 10.9. The van der Waals surface area contributed by atoms with E-state index in [1.54, 1.807) is 61.7 Å². The number of amides is 1. The number of fused-ring (bicyclic) bond motifs is 2. The summed E-state index contributed by atoms with van der Waals surface area (Å²) < 4.78 is 23.2. The van der Waals surface area contributed by atoms with E-state index in [4.69, 9.17) is 18.6 Å². The Morgan fingerprint density at radius 3 is 2.58 bits per heavy atom. The van der Waals surface area contributed by atoms with Gasteiger partial charge in [0.1, 0.15) is 17.9 Å². The number of nitrogens with one attached hydrogen (secondary N) is 1. The van der Waals surface area contributed by atoms with Gasteiger partial charge >= 0.3 is 0 Å². The number of benzene rings is 3. The SMILES string of the molecule is COc1ccc(C(=O)c2oc3ccccc3c2NC(=O)C2COc3ccccc3O2)cc1Br. The summed E-state index contributed by atoms with van der Waals surface area (Å²) in [7, 11) is 1.55. The van der Waals surface area contributed by atoms with Crippen LogP contribution in [-0.4, -0.2) is 31.5 Å². The van der Waals surface area contributed by atoms with Crippen molar-refractivity contribution in [2.24, 2.45) is 0 Å². The van der Waals surface area contributed by atoms with Crippen molar-refractivity contribution in [3.63, 3.8) is 0 Å². The number of furan rings is 1. The number of anilines is 1. The van der Waals surface area contributed by atoms with E-state index in [-0.39, 0.29) is 23.8 Å². The minimum absolute atomic E-state index is 0.0266. The van der Waals surface area contributed by atoms with Crippen molar-refractivity contribution in [1.29, 1.82) is 0 Å². The summed E-state index contributed by atoms with van der Waals surface area (Å²) >= 11 is 3.40. The Bertz CT molecular complexity index is 1380. The fourth-order valence-corrected chi connectivity index (χ4v) is 4.16. The molecule has 8 heteroatoms. The molecule has 1 aliphatic heterocycles. The molecular formula is C25H18BrNO6. The summed E-state index contributed by atoms with van der Waals surface area (Å²) in [5.74, 6) is 0.867. The molecule has 2 heterocycles. The zero-order valence-electron chi connectivity index (χ0n) is 17.5. The van der Waals surface area contributed by atoms with Crippen LogP contribution in [0, 0.1) is 0 Å². The van der Waals surface area contributed by atoms with E-state index in [1.165, 1.54) is 0 Å². The Hall–Kier alpha value is -3.78. The van der Waals surface area contributed by atoms with Gasteiger partial charge in [0.15, 0.2) is 17.3 Å². The van der Waals surface area contributed by atoms with E-state index >= 15 is 0 Å². The molecule has 0 saturated carbocycles. The molecule has 1 N–H and O–H groups in total. The second-order valence-corrected chi connectivity index (χ2v) is 8.19. The zero-order valence-corrected chi connectivity index (χ0v) is 19.0. The molecular weight excluding hydrogens is 490 g/mol. The highest BCUT2D eigenvalue weighted by molar-refractivity contribution is 9.10. The van der Waals surface area contributed by atoms with Gasteiger partial charge < -0.3 is 23.9 Å². The normalized spacial score (nSPS) is 14.7. The third-order valence-corrected chi connectivity index (χ3v) is 5.88. The maximum atomic E-state index is 13.3. The summed E-state index contributed by atoms with van der Waals surface area (Å²) in [6, 6.07) is 19.2. The molecule has 0 saturated heterocycles. The van der Waals surface area contributed by atoms with Gasteiger partial charge in [-0.3, -0.25) is 9.59 Å². The fourth-order valence-electron chi connectivity index (χ4n) is 3.62. The standard InChI is InChI=1S/C25H18BrNO6/c1-30-18-11-10-14(12-16(18)26)23(28)24-22(15-6-2-3-7-17(15)33-24)27-25(29)21-13-31-19-8-4-5-9-20(19)32-21/h2-12,21H,13H2,1H3,(H,27,29). The van der Waals surface area contributed by atoms with E-state index in [9.17, 15) is 9.59 Å². The van der Waals surface area contributed by atoms with Gasteiger partial charge in [0.2, 0.25) is 11.9 Å². The topological polar surface area (TPSA) is 87.0 Å². The van der Waals surface area contributed by atoms with Crippen LogP contribution >= 0.6 is 15.9 Å². The third kappa shape index (κ3) is 3.93. The molecule has 1 unspecified atom stereocenters. The molecule has 166 valence electrons. The van der Waals surface area contributed by atoms with Crippen molar-refractivity contribution in [2.75, 3.05) is 19.0 Å². The Kier molecular flexibility index (Phi) is 5.51. The summed E-state index contributed by atoms with van der Waals surface area (Å²) in [6.45, 7) is 0.0489. The number of rotatable bonds is 5. The summed E-state index contributed by atoms with van der Waals surface area (Å²) in [5, 5.41) is 3.44. The van der Waals surface area contributed by atoms with Crippen LogP contribution in [0.1, 0.15) is 16.1 Å². The minimum atomic E-state index is -0.883. The Balaban J connectivity index is 1.48. The molecule has 5 rings (SSSR count). The van der Waals surface area contributed by atoms with Gasteiger partial charge in [-0.2, -0.15) is 0 Å². The van der Waals surface area contributed by atoms with Gasteiger partial charge in [0.05, 0.1) is 17.3 Å².